The van der Waals surface area contributed by atoms with Crippen LogP contribution in [0.3, 0.4) is 0 Å². The van der Waals surface area contributed by atoms with Gasteiger partial charge in [-0.2, -0.15) is 0 Å². The number of fused-ring (bicyclic) bond motifs is 1. The third-order valence-corrected chi connectivity index (χ3v) is 3.59. The number of hydrogen-bond acceptors (Lipinski definition) is 2. The van der Waals surface area contributed by atoms with Crippen molar-refractivity contribution in [2.24, 2.45) is 0 Å². The molecule has 2 aromatic carbocycles. The Morgan fingerprint density at radius 1 is 1.14 bits per heavy atom. The summed E-state index contributed by atoms with van der Waals surface area (Å²) in [5.74, 6) is 0.463. The fourth-order valence-electron chi connectivity index (χ4n) is 2.49. The fraction of sp³-hybridized carbons (Fsp3) is 0.176. The Bertz CT molecular complexity index is 805. The minimum absolute atomic E-state index is 0.127. The molecule has 0 atom stereocenters. The summed E-state index contributed by atoms with van der Waals surface area (Å²) in [4.78, 5) is 16.9. The summed E-state index contributed by atoms with van der Waals surface area (Å²) in [6.07, 6.45) is 0. The average molecular weight is 279 g/mol. The van der Waals surface area contributed by atoms with Gasteiger partial charge in [-0.3, -0.25) is 10.1 Å². The van der Waals surface area contributed by atoms with E-state index in [2.05, 4.69) is 10.3 Å². The van der Waals surface area contributed by atoms with E-state index in [0.717, 1.165) is 23.1 Å². The number of amides is 1. The third-order valence-electron chi connectivity index (χ3n) is 3.59. The van der Waals surface area contributed by atoms with Crippen molar-refractivity contribution in [1.82, 2.24) is 9.55 Å². The van der Waals surface area contributed by atoms with Gasteiger partial charge in [0, 0.05) is 12.1 Å². The van der Waals surface area contributed by atoms with Crippen molar-refractivity contribution in [1.29, 1.82) is 0 Å². The second-order valence-corrected chi connectivity index (χ2v) is 4.94. The topological polar surface area (TPSA) is 46.9 Å². The Kier molecular flexibility index (Phi) is 3.44. The van der Waals surface area contributed by atoms with Crippen LogP contribution in [0.1, 0.15) is 22.8 Å². The van der Waals surface area contributed by atoms with E-state index < -0.39 is 0 Å². The highest BCUT2D eigenvalue weighted by atomic mass is 16.1. The first-order valence-electron chi connectivity index (χ1n) is 7.03. The lowest BCUT2D eigenvalue weighted by Gasteiger charge is -2.09. The van der Waals surface area contributed by atoms with Gasteiger partial charge in [-0.25, -0.2) is 4.98 Å². The lowest BCUT2D eigenvalue weighted by Crippen LogP contribution is -2.16. The van der Waals surface area contributed by atoms with Crippen LogP contribution in [0.2, 0.25) is 0 Å². The summed E-state index contributed by atoms with van der Waals surface area (Å²) in [5.41, 5.74) is 3.54. The Hall–Kier alpha value is -2.62. The molecular weight excluding hydrogens is 262 g/mol. The summed E-state index contributed by atoms with van der Waals surface area (Å²) in [6.45, 7) is 4.72. The summed E-state index contributed by atoms with van der Waals surface area (Å²) in [7, 11) is 0. The van der Waals surface area contributed by atoms with Crippen LogP contribution in [0.5, 0.6) is 0 Å². The predicted octanol–water partition coefficient (Wildman–Crippen LogP) is 3.62. The lowest BCUT2D eigenvalue weighted by molar-refractivity contribution is 0.102. The highest BCUT2D eigenvalue weighted by Crippen LogP contribution is 2.20. The van der Waals surface area contributed by atoms with E-state index in [0.29, 0.717) is 11.5 Å². The van der Waals surface area contributed by atoms with Crippen molar-refractivity contribution in [2.75, 3.05) is 5.32 Å². The van der Waals surface area contributed by atoms with E-state index in [1.807, 2.05) is 66.9 Å². The predicted molar refractivity (Wildman–Crippen MR) is 84.5 cm³/mol. The number of aromatic nitrogens is 2. The quantitative estimate of drug-likeness (QED) is 0.796. The van der Waals surface area contributed by atoms with E-state index in [1.165, 1.54) is 0 Å². The maximum Gasteiger partial charge on any atom is 0.258 e. The number of anilines is 1. The van der Waals surface area contributed by atoms with E-state index in [-0.39, 0.29) is 5.91 Å². The number of benzene rings is 2. The number of imidazole rings is 1. The van der Waals surface area contributed by atoms with E-state index in [4.69, 9.17) is 0 Å². The zero-order chi connectivity index (χ0) is 14.8. The number of nitrogens with one attached hydrogen (secondary N) is 1. The van der Waals surface area contributed by atoms with Gasteiger partial charge in [0.1, 0.15) is 0 Å². The van der Waals surface area contributed by atoms with E-state index >= 15 is 0 Å². The summed E-state index contributed by atoms with van der Waals surface area (Å²) >= 11 is 0. The number of para-hydroxylation sites is 2. The molecule has 0 unspecified atom stereocenters. The Morgan fingerprint density at radius 2 is 1.86 bits per heavy atom. The molecule has 1 N–H and O–H groups in total. The normalized spacial score (nSPS) is 10.8. The molecule has 0 spiro atoms. The monoisotopic (exact) mass is 279 g/mol. The van der Waals surface area contributed by atoms with E-state index in [1.54, 1.807) is 0 Å². The van der Waals surface area contributed by atoms with Gasteiger partial charge in [-0.15, -0.1) is 0 Å². The molecule has 21 heavy (non-hydrogen) atoms. The molecule has 0 radical (unpaired) electrons. The number of carbonyl (C=O) groups excluding carboxylic acids is 1. The van der Waals surface area contributed by atoms with Crippen LogP contribution in [0.4, 0.5) is 5.95 Å². The van der Waals surface area contributed by atoms with Crippen molar-refractivity contribution in [2.45, 2.75) is 20.4 Å². The molecule has 0 bridgehead atoms. The molecule has 0 aliphatic heterocycles. The number of nitrogens with zero attached hydrogens (tertiary/aromatic N) is 2. The van der Waals surface area contributed by atoms with Crippen molar-refractivity contribution >= 4 is 22.9 Å². The first-order valence-corrected chi connectivity index (χ1v) is 7.03. The largest absolute Gasteiger partial charge is 0.310 e. The lowest BCUT2D eigenvalue weighted by atomic mass is 10.1. The van der Waals surface area contributed by atoms with Gasteiger partial charge in [0.15, 0.2) is 0 Å². The highest BCUT2D eigenvalue weighted by molar-refractivity contribution is 6.05. The Morgan fingerprint density at radius 3 is 2.62 bits per heavy atom. The Labute approximate surface area is 123 Å². The molecule has 4 heteroatoms. The van der Waals surface area contributed by atoms with Gasteiger partial charge in [-0.05, 0) is 37.6 Å². The summed E-state index contributed by atoms with van der Waals surface area (Å²) in [6, 6.07) is 15.4. The minimum Gasteiger partial charge on any atom is -0.310 e. The molecule has 1 heterocycles. The number of rotatable bonds is 3. The first-order chi connectivity index (χ1) is 10.2. The second-order valence-electron chi connectivity index (χ2n) is 4.94. The standard InChI is InChI=1S/C17H17N3O/c1-3-20-15-11-7-6-10-14(15)18-17(20)19-16(21)13-9-5-4-8-12(13)2/h4-11H,3H2,1-2H3,(H,18,19,21). The molecule has 0 saturated heterocycles. The van der Waals surface area contributed by atoms with Crippen molar-refractivity contribution < 1.29 is 4.79 Å². The molecule has 4 nitrogen and oxygen atoms in total. The molecule has 1 amide bonds. The fourth-order valence-corrected chi connectivity index (χ4v) is 2.49. The van der Waals surface area contributed by atoms with Gasteiger partial charge in [-0.1, -0.05) is 30.3 Å². The zero-order valence-corrected chi connectivity index (χ0v) is 12.1. The number of carbonyl (C=O) groups is 1. The van der Waals surface area contributed by atoms with Gasteiger partial charge in [0.2, 0.25) is 5.95 Å². The van der Waals surface area contributed by atoms with Crippen LogP contribution < -0.4 is 5.32 Å². The van der Waals surface area contributed by atoms with Crippen molar-refractivity contribution in [3.63, 3.8) is 0 Å². The molecule has 0 fully saturated rings. The van der Waals surface area contributed by atoms with Gasteiger partial charge in [0.25, 0.3) is 5.91 Å². The van der Waals surface area contributed by atoms with Crippen LogP contribution in [0.25, 0.3) is 11.0 Å². The maximum absolute atomic E-state index is 12.4. The van der Waals surface area contributed by atoms with Crippen molar-refractivity contribution in [3.05, 3.63) is 59.7 Å². The zero-order valence-electron chi connectivity index (χ0n) is 12.1. The molecule has 0 aliphatic carbocycles. The van der Waals surface area contributed by atoms with Crippen LogP contribution >= 0.6 is 0 Å². The molecule has 0 saturated carbocycles. The highest BCUT2D eigenvalue weighted by Gasteiger charge is 2.14. The number of aryl methyl sites for hydroxylation is 2. The van der Waals surface area contributed by atoms with Crippen molar-refractivity contribution in [3.8, 4) is 0 Å². The smallest absolute Gasteiger partial charge is 0.258 e. The van der Waals surface area contributed by atoms with Gasteiger partial charge in [0.05, 0.1) is 11.0 Å². The number of hydrogen-bond donors (Lipinski definition) is 1. The maximum atomic E-state index is 12.4. The van der Waals surface area contributed by atoms with Crippen LogP contribution in [0.15, 0.2) is 48.5 Å². The molecule has 106 valence electrons. The van der Waals surface area contributed by atoms with E-state index in [9.17, 15) is 4.79 Å². The Balaban J connectivity index is 1.98. The van der Waals surface area contributed by atoms with Crippen LogP contribution in [0, 0.1) is 6.92 Å². The summed E-state index contributed by atoms with van der Waals surface area (Å²) in [5, 5.41) is 2.92. The molecular formula is C17H17N3O. The molecule has 1 aromatic heterocycles. The third kappa shape index (κ3) is 2.40. The minimum atomic E-state index is -0.127. The summed E-state index contributed by atoms with van der Waals surface area (Å²) < 4.78 is 2.01. The average Bonchev–Trinajstić information content (AvgIpc) is 2.84. The van der Waals surface area contributed by atoms with Gasteiger partial charge >= 0.3 is 0 Å². The molecule has 3 rings (SSSR count). The second kappa shape index (κ2) is 5.40. The molecule has 3 aromatic rings. The first kappa shape index (κ1) is 13.4. The SMILES string of the molecule is CCn1c(NC(=O)c2ccccc2C)nc2ccccc21. The van der Waals surface area contributed by atoms with Crippen LogP contribution in [-0.2, 0) is 6.54 Å². The molecule has 0 aliphatic rings. The van der Waals surface area contributed by atoms with Gasteiger partial charge < -0.3 is 4.57 Å². The van der Waals surface area contributed by atoms with Crippen LogP contribution in [-0.4, -0.2) is 15.5 Å².